The van der Waals surface area contributed by atoms with E-state index < -0.39 is 8.07 Å². The van der Waals surface area contributed by atoms with Crippen LogP contribution in [0.25, 0.3) is 32.9 Å². The van der Waals surface area contributed by atoms with Gasteiger partial charge in [-0.25, -0.2) is 0 Å². The number of hydrogen-bond acceptors (Lipinski definition) is 1. The molecule has 4 heterocycles. The Morgan fingerprint density at radius 2 is 1.43 bits per heavy atom. The topological polar surface area (TPSA) is 8.17 Å². The van der Waals surface area contributed by atoms with E-state index >= 15 is 0 Å². The van der Waals surface area contributed by atoms with E-state index in [1.807, 2.05) is 0 Å². The summed E-state index contributed by atoms with van der Waals surface area (Å²) >= 11 is 0. The van der Waals surface area contributed by atoms with Crippen molar-refractivity contribution < 1.29 is 0 Å². The van der Waals surface area contributed by atoms with E-state index in [9.17, 15) is 0 Å². The van der Waals surface area contributed by atoms with Gasteiger partial charge in [0, 0.05) is 44.4 Å². The van der Waals surface area contributed by atoms with E-state index in [4.69, 9.17) is 0 Å². The molecule has 6 aromatic rings. The lowest BCUT2D eigenvalue weighted by Gasteiger charge is -2.47. The summed E-state index contributed by atoms with van der Waals surface area (Å²) in [7, 11) is -1.88. The van der Waals surface area contributed by atoms with Crippen LogP contribution in [0.5, 0.6) is 0 Å². The smallest absolute Gasteiger partial charge is 0.333 e. The van der Waals surface area contributed by atoms with Crippen molar-refractivity contribution in [3.63, 3.8) is 0 Å². The third-order valence-electron chi connectivity index (χ3n) is 9.17. The van der Waals surface area contributed by atoms with Crippen molar-refractivity contribution in [2.75, 3.05) is 4.90 Å². The van der Waals surface area contributed by atoms with Crippen LogP contribution in [0.4, 0.5) is 17.1 Å². The SMILES string of the molecule is Cc1cc2c3c(c1)N1c4ccccc4[Si](C)(C)c4cccc(c41)B3n1c3ccccc3c3cccc-2c31. The summed E-state index contributed by atoms with van der Waals surface area (Å²) in [4.78, 5) is 2.61. The molecule has 0 saturated carbocycles. The molecule has 0 spiro atoms. The highest BCUT2D eigenvalue weighted by atomic mass is 28.3. The van der Waals surface area contributed by atoms with Gasteiger partial charge < -0.3 is 9.38 Å². The van der Waals surface area contributed by atoms with Gasteiger partial charge >= 0.3 is 6.85 Å². The average Bonchev–Trinajstić information content (AvgIpc) is 3.25. The van der Waals surface area contributed by atoms with E-state index in [0.717, 1.165) is 0 Å². The van der Waals surface area contributed by atoms with Crippen LogP contribution in [0.2, 0.25) is 13.1 Å². The van der Waals surface area contributed by atoms with Gasteiger partial charge in [-0.2, -0.15) is 0 Å². The van der Waals surface area contributed by atoms with Crippen LogP contribution in [-0.4, -0.2) is 19.4 Å². The molecule has 0 fully saturated rings. The molecule has 3 aliphatic rings. The predicted octanol–water partition coefficient (Wildman–Crippen LogP) is 5.66. The Labute approximate surface area is 217 Å². The highest BCUT2D eigenvalue weighted by Gasteiger charge is 2.48. The molecule has 0 aliphatic carbocycles. The molecule has 5 aromatic carbocycles. The van der Waals surface area contributed by atoms with Gasteiger partial charge in [0.1, 0.15) is 8.07 Å². The van der Waals surface area contributed by atoms with Crippen LogP contribution in [-0.2, 0) is 0 Å². The first-order chi connectivity index (χ1) is 18.1. The Balaban J connectivity index is 1.53. The monoisotopic (exact) mass is 488 g/mol. The molecular formula is C33H25BN2Si. The number of fused-ring (bicyclic) bond motifs is 9. The minimum atomic E-state index is -1.88. The molecule has 0 amide bonds. The molecule has 9 rings (SSSR count). The quantitative estimate of drug-likeness (QED) is 0.250. The zero-order chi connectivity index (χ0) is 24.6. The van der Waals surface area contributed by atoms with Crippen LogP contribution < -0.4 is 26.2 Å². The Bertz CT molecular complexity index is 2000. The zero-order valence-electron chi connectivity index (χ0n) is 21.2. The highest BCUT2D eigenvalue weighted by Crippen LogP contribution is 2.46. The maximum absolute atomic E-state index is 2.66. The van der Waals surface area contributed by atoms with Gasteiger partial charge in [-0.3, -0.25) is 0 Å². The largest absolute Gasteiger partial charge is 0.375 e. The molecule has 0 radical (unpaired) electrons. The lowest BCUT2D eigenvalue weighted by atomic mass is 9.45. The predicted molar refractivity (Wildman–Crippen MR) is 161 cm³/mol. The summed E-state index contributed by atoms with van der Waals surface area (Å²) in [6, 6.07) is 37.0. The number of aryl methyl sites for hydroxylation is 1. The van der Waals surface area contributed by atoms with Crippen LogP contribution in [0.15, 0.2) is 97.1 Å². The number of aromatic nitrogens is 1. The third kappa shape index (κ3) is 2.21. The normalized spacial score (nSPS) is 15.5. The van der Waals surface area contributed by atoms with E-state index in [2.05, 4.69) is 126 Å². The molecule has 0 unspecified atom stereocenters. The van der Waals surface area contributed by atoms with Gasteiger partial charge in [-0.05, 0) is 57.5 Å². The first kappa shape index (κ1) is 20.1. The Morgan fingerprint density at radius 3 is 2.35 bits per heavy atom. The summed E-state index contributed by atoms with van der Waals surface area (Å²) in [5.74, 6) is 0. The second-order valence-electron chi connectivity index (χ2n) is 11.5. The molecule has 3 aliphatic heterocycles. The molecule has 0 atom stereocenters. The minimum Gasteiger partial charge on any atom is -0.375 e. The fourth-order valence-corrected chi connectivity index (χ4v) is 10.7. The fraction of sp³-hybridized carbons (Fsp3) is 0.0909. The van der Waals surface area contributed by atoms with Gasteiger partial charge in [0.05, 0.1) is 0 Å². The second-order valence-corrected chi connectivity index (χ2v) is 15.8. The number of hydrogen-bond donors (Lipinski definition) is 0. The minimum absolute atomic E-state index is 0.157. The van der Waals surface area contributed by atoms with Crippen molar-refractivity contribution in [3.8, 4) is 11.1 Å². The standard InChI is InChI=1S/C33H25BN2Si/c1-20-18-24-23-12-8-11-22-21-10-4-5-14-26(21)36(32(22)23)34-25-13-9-17-30-33(25)35(28(19-20)31(24)34)27-15-6-7-16-29(27)37(30,2)3/h4-19H,1-3H3. The fourth-order valence-electron chi connectivity index (χ4n) is 7.68. The first-order valence-electron chi connectivity index (χ1n) is 13.3. The Kier molecular flexibility index (Phi) is 3.50. The molecule has 1 aromatic heterocycles. The number of benzene rings is 5. The van der Waals surface area contributed by atoms with Crippen LogP contribution in [0, 0.1) is 6.92 Å². The van der Waals surface area contributed by atoms with Crippen molar-refractivity contribution in [3.05, 3.63) is 103 Å². The van der Waals surface area contributed by atoms with Gasteiger partial charge in [-0.15, -0.1) is 0 Å². The molecule has 0 bridgehead atoms. The summed E-state index contributed by atoms with van der Waals surface area (Å²) in [5.41, 5.74) is 13.8. The van der Waals surface area contributed by atoms with Gasteiger partial charge in [0.2, 0.25) is 0 Å². The average molecular weight is 488 g/mol. The van der Waals surface area contributed by atoms with E-state index in [-0.39, 0.29) is 6.85 Å². The molecule has 0 saturated heterocycles. The lowest BCUT2D eigenvalue weighted by molar-refractivity contribution is 1.25. The number of nitrogens with zero attached hydrogens (tertiary/aromatic N) is 2. The maximum atomic E-state index is 2.66. The molecule has 0 N–H and O–H groups in total. The molecule has 174 valence electrons. The number of anilines is 3. The van der Waals surface area contributed by atoms with Crippen molar-refractivity contribution >= 4 is 75.1 Å². The molecule has 4 heteroatoms. The number of rotatable bonds is 0. The van der Waals surface area contributed by atoms with Crippen LogP contribution in [0.1, 0.15) is 5.56 Å². The van der Waals surface area contributed by atoms with Gasteiger partial charge in [0.15, 0.2) is 0 Å². The van der Waals surface area contributed by atoms with E-state index in [1.54, 1.807) is 5.19 Å². The zero-order valence-corrected chi connectivity index (χ0v) is 22.2. The Morgan fingerprint density at radius 1 is 0.676 bits per heavy atom. The van der Waals surface area contributed by atoms with Crippen LogP contribution >= 0.6 is 0 Å². The highest BCUT2D eigenvalue weighted by molar-refractivity contribution is 7.04. The van der Waals surface area contributed by atoms with Gasteiger partial charge in [0.25, 0.3) is 0 Å². The van der Waals surface area contributed by atoms with Crippen molar-refractivity contribution in [1.29, 1.82) is 0 Å². The van der Waals surface area contributed by atoms with Gasteiger partial charge in [-0.1, -0.05) is 92.0 Å². The second kappa shape index (κ2) is 6.45. The number of para-hydroxylation sites is 4. The van der Waals surface area contributed by atoms with Crippen molar-refractivity contribution in [2.24, 2.45) is 0 Å². The van der Waals surface area contributed by atoms with E-state index in [0.29, 0.717) is 0 Å². The molecular weight excluding hydrogens is 463 g/mol. The molecule has 2 nitrogen and oxygen atoms in total. The third-order valence-corrected chi connectivity index (χ3v) is 12.7. The summed E-state index contributed by atoms with van der Waals surface area (Å²) in [5, 5.41) is 5.77. The molecule has 37 heavy (non-hydrogen) atoms. The summed E-state index contributed by atoms with van der Waals surface area (Å²) in [6.45, 7) is 7.46. The summed E-state index contributed by atoms with van der Waals surface area (Å²) < 4.78 is 2.66. The van der Waals surface area contributed by atoms with Crippen molar-refractivity contribution in [2.45, 2.75) is 20.0 Å². The van der Waals surface area contributed by atoms with Crippen molar-refractivity contribution in [1.82, 2.24) is 4.48 Å². The lowest BCUT2D eigenvalue weighted by Crippen LogP contribution is -2.65. The summed E-state index contributed by atoms with van der Waals surface area (Å²) in [6.07, 6.45) is 0. The Hall–Kier alpha value is -4.02. The van der Waals surface area contributed by atoms with Crippen LogP contribution in [0.3, 0.4) is 0 Å². The van der Waals surface area contributed by atoms with E-state index in [1.165, 1.54) is 71.7 Å². The maximum Gasteiger partial charge on any atom is 0.333 e. The first-order valence-corrected chi connectivity index (χ1v) is 16.3.